The summed E-state index contributed by atoms with van der Waals surface area (Å²) in [4.78, 5) is 26.6. The van der Waals surface area contributed by atoms with Gasteiger partial charge in [0.2, 0.25) is 5.91 Å². The number of hydrogen-bond acceptors (Lipinski definition) is 4. The van der Waals surface area contributed by atoms with E-state index in [1.165, 1.54) is 0 Å². The van der Waals surface area contributed by atoms with Crippen molar-refractivity contribution in [2.24, 2.45) is 0 Å². The lowest BCUT2D eigenvalue weighted by Crippen LogP contribution is -2.47. The number of carbonyl (C=O) groups excluding carboxylic acids is 2. The van der Waals surface area contributed by atoms with Crippen LogP contribution in [-0.2, 0) is 14.3 Å². The maximum absolute atomic E-state index is 12.7. The zero-order valence-corrected chi connectivity index (χ0v) is 17.8. The third-order valence-electron chi connectivity index (χ3n) is 4.67. The smallest absolute Gasteiger partial charge is 0.338 e. The predicted molar refractivity (Wildman–Crippen MR) is 115 cm³/mol. The van der Waals surface area contributed by atoms with Gasteiger partial charge in [0.15, 0.2) is 5.11 Å². The van der Waals surface area contributed by atoms with Crippen molar-refractivity contribution in [1.29, 1.82) is 0 Å². The van der Waals surface area contributed by atoms with Gasteiger partial charge in [0.1, 0.15) is 0 Å². The van der Waals surface area contributed by atoms with Crippen LogP contribution >= 0.6 is 12.2 Å². The van der Waals surface area contributed by atoms with Gasteiger partial charge in [-0.1, -0.05) is 25.5 Å². The monoisotopic (exact) mass is 403 g/mol. The minimum absolute atomic E-state index is 0.0133. The molecular weight excluding hydrogens is 374 g/mol. The van der Waals surface area contributed by atoms with Gasteiger partial charge < -0.3 is 20.3 Å². The van der Waals surface area contributed by atoms with Crippen molar-refractivity contribution in [3.63, 3.8) is 0 Å². The molecule has 7 heteroatoms. The molecule has 0 fully saturated rings. The number of carbonyl (C=O) groups is 2. The second kappa shape index (κ2) is 10.2. The van der Waals surface area contributed by atoms with Crippen molar-refractivity contribution >= 4 is 34.9 Å². The summed E-state index contributed by atoms with van der Waals surface area (Å²) in [7, 11) is 0. The number of amides is 1. The van der Waals surface area contributed by atoms with Crippen LogP contribution in [-0.4, -0.2) is 35.0 Å². The van der Waals surface area contributed by atoms with Crippen molar-refractivity contribution in [2.75, 3.05) is 18.5 Å². The summed E-state index contributed by atoms with van der Waals surface area (Å²) in [5, 5.41) is 6.75. The minimum atomic E-state index is -0.429. The first-order chi connectivity index (χ1) is 13.4. The fraction of sp³-hybridized carbons (Fsp3) is 0.476. The van der Waals surface area contributed by atoms with Crippen LogP contribution in [0.2, 0.25) is 0 Å². The number of anilines is 1. The highest BCUT2D eigenvalue weighted by atomic mass is 32.1. The lowest BCUT2D eigenvalue weighted by Gasteiger charge is -2.37. The summed E-state index contributed by atoms with van der Waals surface area (Å²) in [6.07, 6.45) is 2.31. The molecule has 2 N–H and O–H groups in total. The topological polar surface area (TPSA) is 70.7 Å². The Morgan fingerprint density at radius 2 is 2.04 bits per heavy atom. The second-order valence-corrected chi connectivity index (χ2v) is 7.01. The van der Waals surface area contributed by atoms with Crippen molar-refractivity contribution in [3.05, 3.63) is 41.1 Å². The molecule has 1 aromatic rings. The first kappa shape index (κ1) is 21.9. The summed E-state index contributed by atoms with van der Waals surface area (Å²) >= 11 is 5.49. The average Bonchev–Trinajstić information content (AvgIpc) is 2.66. The Bertz CT molecular complexity index is 776. The largest absolute Gasteiger partial charge is 0.463 e. The van der Waals surface area contributed by atoms with E-state index in [-0.39, 0.29) is 11.9 Å². The van der Waals surface area contributed by atoms with Crippen molar-refractivity contribution in [1.82, 2.24) is 10.2 Å². The number of nitrogens with one attached hydrogen (secondary N) is 2. The Morgan fingerprint density at radius 3 is 2.68 bits per heavy atom. The molecule has 2 rings (SSSR count). The van der Waals surface area contributed by atoms with Gasteiger partial charge in [0, 0.05) is 24.4 Å². The van der Waals surface area contributed by atoms with Gasteiger partial charge in [-0.3, -0.25) is 4.79 Å². The van der Waals surface area contributed by atoms with Gasteiger partial charge in [0.25, 0.3) is 0 Å². The zero-order valence-electron chi connectivity index (χ0n) is 17.0. The number of allylic oxidation sites excluding steroid dienone is 1. The molecule has 0 aliphatic carbocycles. The van der Waals surface area contributed by atoms with Crippen molar-refractivity contribution in [2.45, 2.75) is 53.0 Å². The lowest BCUT2D eigenvalue weighted by molar-refractivity contribution is -0.139. The van der Waals surface area contributed by atoms with Crippen LogP contribution in [0.15, 0.2) is 35.5 Å². The number of esters is 1. The maximum Gasteiger partial charge on any atom is 0.338 e. The summed E-state index contributed by atoms with van der Waals surface area (Å²) in [6.45, 7) is 8.65. The first-order valence-corrected chi connectivity index (χ1v) is 10.2. The highest BCUT2D eigenvalue weighted by Gasteiger charge is 2.34. The Balaban J connectivity index is 2.37. The van der Waals surface area contributed by atoms with Crippen LogP contribution in [0.1, 0.15) is 58.6 Å². The number of unbranched alkanes of at least 4 members (excludes halogenated alkanes) is 1. The summed E-state index contributed by atoms with van der Waals surface area (Å²) in [5.74, 6) is -0.378. The third-order valence-corrected chi connectivity index (χ3v) is 5.01. The highest BCUT2D eigenvalue weighted by molar-refractivity contribution is 7.80. The minimum Gasteiger partial charge on any atom is -0.463 e. The van der Waals surface area contributed by atoms with Gasteiger partial charge >= 0.3 is 5.97 Å². The standard InChI is InChI=1S/C21H29N3O3S/c1-5-8-12-17(25)22-16-11-9-10-15(13-16)19-18(20(26)27-7-3)14(4)24(6-2)21(28)23-19/h9-11,13,19H,5-8,12H2,1-4H3,(H,22,25)(H,23,28). The molecule has 0 radical (unpaired) electrons. The SMILES string of the molecule is CCCCC(=O)Nc1cccc(C2NC(=S)N(CC)C(C)=C2C(=O)OCC)c1. The fourth-order valence-electron chi connectivity index (χ4n) is 3.24. The Hall–Kier alpha value is -2.41. The van der Waals surface area contributed by atoms with Crippen LogP contribution in [0.4, 0.5) is 5.69 Å². The average molecular weight is 404 g/mol. The van der Waals surface area contributed by atoms with E-state index >= 15 is 0 Å². The second-order valence-electron chi connectivity index (χ2n) is 6.62. The number of hydrogen-bond donors (Lipinski definition) is 2. The molecule has 1 heterocycles. The number of rotatable bonds is 8. The lowest BCUT2D eigenvalue weighted by atomic mass is 9.94. The molecule has 0 aromatic heterocycles. The molecule has 1 amide bonds. The maximum atomic E-state index is 12.7. The van der Waals surface area contributed by atoms with E-state index in [4.69, 9.17) is 17.0 Å². The van der Waals surface area contributed by atoms with Crippen molar-refractivity contribution < 1.29 is 14.3 Å². The molecule has 1 aliphatic heterocycles. The molecular formula is C21H29N3O3S. The van der Waals surface area contributed by atoms with E-state index in [1.54, 1.807) is 6.92 Å². The van der Waals surface area contributed by atoms with Gasteiger partial charge in [-0.05, 0) is 57.1 Å². The zero-order chi connectivity index (χ0) is 20.7. The fourth-order valence-corrected chi connectivity index (χ4v) is 3.63. The number of ether oxygens (including phenoxy) is 1. The highest BCUT2D eigenvalue weighted by Crippen LogP contribution is 2.32. The number of thiocarbonyl (C=S) groups is 1. The molecule has 1 aliphatic rings. The molecule has 0 saturated heterocycles. The van der Waals surface area contributed by atoms with E-state index < -0.39 is 6.04 Å². The summed E-state index contributed by atoms with van der Waals surface area (Å²) in [5.41, 5.74) is 2.86. The normalized spacial score (nSPS) is 16.6. The molecule has 152 valence electrons. The van der Waals surface area contributed by atoms with E-state index in [1.807, 2.05) is 43.0 Å². The van der Waals surface area contributed by atoms with Crippen LogP contribution < -0.4 is 10.6 Å². The van der Waals surface area contributed by atoms with Gasteiger partial charge in [-0.15, -0.1) is 0 Å². The molecule has 1 atom stereocenters. The van der Waals surface area contributed by atoms with Crippen LogP contribution in [0.25, 0.3) is 0 Å². The van der Waals surface area contributed by atoms with E-state index in [0.29, 0.717) is 35.9 Å². The summed E-state index contributed by atoms with van der Waals surface area (Å²) in [6, 6.07) is 7.06. The van der Waals surface area contributed by atoms with Gasteiger partial charge in [-0.2, -0.15) is 0 Å². The van der Waals surface area contributed by atoms with E-state index in [0.717, 1.165) is 24.1 Å². The molecule has 28 heavy (non-hydrogen) atoms. The van der Waals surface area contributed by atoms with Crippen molar-refractivity contribution in [3.8, 4) is 0 Å². The first-order valence-electron chi connectivity index (χ1n) is 9.78. The van der Waals surface area contributed by atoms with Crippen LogP contribution in [0.3, 0.4) is 0 Å². The molecule has 6 nitrogen and oxygen atoms in total. The third kappa shape index (κ3) is 5.10. The summed E-state index contributed by atoms with van der Waals surface area (Å²) < 4.78 is 5.29. The molecule has 0 spiro atoms. The molecule has 0 saturated carbocycles. The van der Waals surface area contributed by atoms with E-state index in [9.17, 15) is 9.59 Å². The molecule has 0 bridgehead atoms. The van der Waals surface area contributed by atoms with Gasteiger partial charge in [0.05, 0.1) is 18.2 Å². The van der Waals surface area contributed by atoms with E-state index in [2.05, 4.69) is 17.6 Å². The predicted octanol–water partition coefficient (Wildman–Crippen LogP) is 3.90. The quantitative estimate of drug-likeness (QED) is 0.507. The Labute approximate surface area is 172 Å². The molecule has 1 aromatic carbocycles. The number of nitrogens with zero attached hydrogens (tertiary/aromatic N) is 1. The van der Waals surface area contributed by atoms with Gasteiger partial charge in [-0.25, -0.2) is 4.79 Å². The van der Waals surface area contributed by atoms with Crippen LogP contribution in [0.5, 0.6) is 0 Å². The number of benzene rings is 1. The van der Waals surface area contributed by atoms with Crippen LogP contribution in [0, 0.1) is 0 Å². The Morgan fingerprint density at radius 1 is 1.29 bits per heavy atom. The molecule has 1 unspecified atom stereocenters. The Kier molecular flexibility index (Phi) is 7.99.